The summed E-state index contributed by atoms with van der Waals surface area (Å²) in [6.07, 6.45) is 1.04. The lowest BCUT2D eigenvalue weighted by atomic mass is 10.0. The van der Waals surface area contributed by atoms with Crippen LogP contribution in [0.3, 0.4) is 0 Å². The summed E-state index contributed by atoms with van der Waals surface area (Å²) in [6, 6.07) is 8.39. The number of hydrogen-bond acceptors (Lipinski definition) is 3. The van der Waals surface area contributed by atoms with Crippen molar-refractivity contribution in [2.45, 2.75) is 25.8 Å². The van der Waals surface area contributed by atoms with Crippen LogP contribution in [-0.4, -0.2) is 30.4 Å². The number of nitrogens with one attached hydrogen (secondary N) is 1. The average Bonchev–Trinajstić information content (AvgIpc) is 2.67. The largest absolute Gasteiger partial charge is 0.484 e. The van der Waals surface area contributed by atoms with Crippen LogP contribution in [0, 0.1) is 11.6 Å². The standard InChI is InChI=1S/C20H20F2N2O3/c1-12(13-3-6-16(21)17(22)10-13)24(2)20(26)11-27-15-5-7-18-14(9-15)4-8-19(25)23-18/h3,5-7,9-10,12H,4,8,11H2,1-2H3,(H,23,25). The Balaban J connectivity index is 1.61. The van der Waals surface area contributed by atoms with Crippen molar-refractivity contribution >= 4 is 17.5 Å². The van der Waals surface area contributed by atoms with Gasteiger partial charge in [-0.25, -0.2) is 8.78 Å². The van der Waals surface area contributed by atoms with Crippen molar-refractivity contribution in [3.05, 3.63) is 59.2 Å². The Morgan fingerprint density at radius 1 is 1.19 bits per heavy atom. The van der Waals surface area contributed by atoms with Crippen LogP contribution in [0.5, 0.6) is 5.75 Å². The maximum absolute atomic E-state index is 13.4. The van der Waals surface area contributed by atoms with Gasteiger partial charge in [-0.2, -0.15) is 0 Å². The van der Waals surface area contributed by atoms with Gasteiger partial charge in [-0.3, -0.25) is 9.59 Å². The van der Waals surface area contributed by atoms with Crippen LogP contribution in [0.25, 0.3) is 0 Å². The number of aryl methyl sites for hydroxylation is 1. The number of anilines is 1. The fourth-order valence-electron chi connectivity index (χ4n) is 2.91. The molecule has 3 rings (SSSR count). The fraction of sp³-hybridized carbons (Fsp3) is 0.300. The number of carbonyl (C=O) groups is 2. The third-order valence-corrected chi connectivity index (χ3v) is 4.73. The molecule has 0 aliphatic carbocycles. The monoisotopic (exact) mass is 374 g/mol. The zero-order chi connectivity index (χ0) is 19.6. The Morgan fingerprint density at radius 2 is 1.96 bits per heavy atom. The van der Waals surface area contributed by atoms with Crippen molar-refractivity contribution in [3.63, 3.8) is 0 Å². The predicted octanol–water partition coefficient (Wildman–Crippen LogP) is 3.45. The van der Waals surface area contributed by atoms with E-state index in [9.17, 15) is 18.4 Å². The smallest absolute Gasteiger partial charge is 0.260 e. The molecule has 2 aromatic carbocycles. The molecule has 1 atom stereocenters. The first kappa shape index (κ1) is 18.8. The molecule has 1 heterocycles. The molecule has 2 amide bonds. The van der Waals surface area contributed by atoms with Gasteiger partial charge in [-0.15, -0.1) is 0 Å². The number of hydrogen-bond donors (Lipinski definition) is 1. The predicted molar refractivity (Wildman–Crippen MR) is 96.4 cm³/mol. The Bertz CT molecular complexity index is 886. The molecule has 5 nitrogen and oxygen atoms in total. The highest BCUT2D eigenvalue weighted by atomic mass is 19.2. The summed E-state index contributed by atoms with van der Waals surface area (Å²) < 4.78 is 32.1. The van der Waals surface area contributed by atoms with Crippen LogP contribution in [-0.2, 0) is 16.0 Å². The fourth-order valence-corrected chi connectivity index (χ4v) is 2.91. The third kappa shape index (κ3) is 4.24. The number of rotatable bonds is 5. The van der Waals surface area contributed by atoms with E-state index in [1.807, 2.05) is 0 Å². The Labute approximate surface area is 155 Å². The van der Waals surface area contributed by atoms with Gasteiger partial charge in [0, 0.05) is 19.2 Å². The van der Waals surface area contributed by atoms with E-state index in [0.717, 1.165) is 23.4 Å². The van der Waals surface area contributed by atoms with Gasteiger partial charge in [0.05, 0.1) is 6.04 Å². The average molecular weight is 374 g/mol. The van der Waals surface area contributed by atoms with E-state index < -0.39 is 17.7 Å². The first-order valence-electron chi connectivity index (χ1n) is 8.61. The Hall–Kier alpha value is -2.96. The molecular weight excluding hydrogens is 354 g/mol. The van der Waals surface area contributed by atoms with Crippen molar-refractivity contribution in [1.82, 2.24) is 4.90 Å². The minimum atomic E-state index is -0.947. The van der Waals surface area contributed by atoms with Gasteiger partial charge < -0.3 is 15.0 Å². The lowest BCUT2D eigenvalue weighted by Gasteiger charge is -2.25. The Kier molecular flexibility index (Phi) is 5.39. The van der Waals surface area contributed by atoms with Crippen LogP contribution in [0.15, 0.2) is 36.4 Å². The van der Waals surface area contributed by atoms with Crippen LogP contribution >= 0.6 is 0 Å². The molecule has 1 aliphatic rings. The molecule has 1 aliphatic heterocycles. The summed E-state index contributed by atoms with van der Waals surface area (Å²) in [7, 11) is 1.58. The number of likely N-dealkylation sites (N-methyl/N-ethyl adjacent to an activating group) is 1. The molecule has 0 aromatic heterocycles. The zero-order valence-electron chi connectivity index (χ0n) is 15.1. The van der Waals surface area contributed by atoms with Crippen LogP contribution in [0.1, 0.15) is 30.5 Å². The van der Waals surface area contributed by atoms with E-state index >= 15 is 0 Å². The number of amides is 2. The van der Waals surface area contributed by atoms with Gasteiger partial charge in [0.15, 0.2) is 18.2 Å². The van der Waals surface area contributed by atoms with Gasteiger partial charge in [0.25, 0.3) is 5.91 Å². The SMILES string of the molecule is CC(c1ccc(F)c(F)c1)N(C)C(=O)COc1ccc2c(c1)CCC(=O)N2. The maximum atomic E-state index is 13.4. The summed E-state index contributed by atoms with van der Waals surface area (Å²) in [4.78, 5) is 25.2. The molecule has 142 valence electrons. The molecule has 0 radical (unpaired) electrons. The van der Waals surface area contributed by atoms with Gasteiger partial charge in [0.1, 0.15) is 5.75 Å². The van der Waals surface area contributed by atoms with Gasteiger partial charge in [0.2, 0.25) is 5.91 Å². The maximum Gasteiger partial charge on any atom is 0.260 e. The second kappa shape index (κ2) is 7.73. The molecular formula is C20H20F2N2O3. The van der Waals surface area contributed by atoms with E-state index in [1.54, 1.807) is 32.2 Å². The summed E-state index contributed by atoms with van der Waals surface area (Å²) in [6.45, 7) is 1.54. The number of carbonyl (C=O) groups excluding carboxylic acids is 2. The quantitative estimate of drug-likeness (QED) is 0.872. The molecule has 1 N–H and O–H groups in total. The van der Waals surface area contributed by atoms with Crippen molar-refractivity contribution in [2.75, 3.05) is 19.0 Å². The van der Waals surface area contributed by atoms with Gasteiger partial charge >= 0.3 is 0 Å². The third-order valence-electron chi connectivity index (χ3n) is 4.73. The summed E-state index contributed by atoms with van der Waals surface area (Å²) in [5, 5.41) is 2.78. The number of benzene rings is 2. The highest BCUT2D eigenvalue weighted by molar-refractivity contribution is 5.94. The van der Waals surface area contributed by atoms with Crippen molar-refractivity contribution in [1.29, 1.82) is 0 Å². The van der Waals surface area contributed by atoms with E-state index in [4.69, 9.17) is 4.74 Å². The van der Waals surface area contributed by atoms with E-state index in [1.165, 1.54) is 11.0 Å². The second-order valence-corrected chi connectivity index (χ2v) is 6.51. The van der Waals surface area contributed by atoms with Crippen molar-refractivity contribution in [2.24, 2.45) is 0 Å². The lowest BCUT2D eigenvalue weighted by molar-refractivity contribution is -0.134. The topological polar surface area (TPSA) is 58.6 Å². The first-order valence-corrected chi connectivity index (χ1v) is 8.61. The first-order chi connectivity index (χ1) is 12.8. The minimum absolute atomic E-state index is 0.0146. The highest BCUT2D eigenvalue weighted by Crippen LogP contribution is 2.27. The molecule has 0 spiro atoms. The summed E-state index contributed by atoms with van der Waals surface area (Å²) >= 11 is 0. The van der Waals surface area contributed by atoms with Gasteiger partial charge in [-0.05, 0) is 54.8 Å². The molecule has 7 heteroatoms. The van der Waals surface area contributed by atoms with Crippen molar-refractivity contribution in [3.8, 4) is 5.75 Å². The van der Waals surface area contributed by atoms with Crippen LogP contribution in [0.2, 0.25) is 0 Å². The molecule has 0 saturated carbocycles. The van der Waals surface area contributed by atoms with Crippen LogP contribution < -0.4 is 10.1 Å². The van der Waals surface area contributed by atoms with E-state index in [-0.39, 0.29) is 18.4 Å². The number of halogens is 2. The molecule has 2 aromatic rings. The van der Waals surface area contributed by atoms with Crippen molar-refractivity contribution < 1.29 is 23.1 Å². The lowest BCUT2D eigenvalue weighted by Crippen LogP contribution is -2.33. The second-order valence-electron chi connectivity index (χ2n) is 6.51. The zero-order valence-corrected chi connectivity index (χ0v) is 15.1. The molecule has 0 bridgehead atoms. The normalized spacial score (nSPS) is 14.1. The summed E-state index contributed by atoms with van der Waals surface area (Å²) in [5.41, 5.74) is 2.21. The highest BCUT2D eigenvalue weighted by Gasteiger charge is 2.20. The number of fused-ring (bicyclic) bond motifs is 1. The number of ether oxygens (including phenoxy) is 1. The minimum Gasteiger partial charge on any atom is -0.484 e. The summed E-state index contributed by atoms with van der Waals surface area (Å²) in [5.74, 6) is -1.64. The molecule has 27 heavy (non-hydrogen) atoms. The van der Waals surface area contributed by atoms with Gasteiger partial charge in [-0.1, -0.05) is 6.07 Å². The molecule has 0 saturated heterocycles. The molecule has 0 fully saturated rings. The Morgan fingerprint density at radius 3 is 2.70 bits per heavy atom. The van der Waals surface area contributed by atoms with E-state index in [2.05, 4.69) is 5.32 Å². The molecule has 1 unspecified atom stereocenters. The van der Waals surface area contributed by atoms with E-state index in [0.29, 0.717) is 24.2 Å². The van der Waals surface area contributed by atoms with Crippen LogP contribution in [0.4, 0.5) is 14.5 Å². The number of nitrogens with zero attached hydrogens (tertiary/aromatic N) is 1.